The van der Waals surface area contributed by atoms with Gasteiger partial charge < -0.3 is 9.47 Å². The number of fused-ring (bicyclic) bond motifs is 1. The Balaban J connectivity index is 2.15. The maximum Gasteiger partial charge on any atom is 0.162 e. The minimum Gasteiger partial charge on any atom is -0.493 e. The van der Waals surface area contributed by atoms with Crippen LogP contribution in [0.25, 0.3) is 22.3 Å². The molecule has 3 aromatic rings. The summed E-state index contributed by atoms with van der Waals surface area (Å²) in [6.45, 7) is 0. The summed E-state index contributed by atoms with van der Waals surface area (Å²) in [7, 11) is 3.24. The van der Waals surface area contributed by atoms with Crippen LogP contribution in [0.15, 0.2) is 47.1 Å². The number of benzene rings is 1. The van der Waals surface area contributed by atoms with Crippen molar-refractivity contribution in [1.29, 1.82) is 0 Å². The van der Waals surface area contributed by atoms with E-state index < -0.39 is 0 Å². The van der Waals surface area contributed by atoms with Crippen molar-refractivity contribution in [1.82, 2.24) is 9.97 Å². The Bertz CT molecular complexity index is 805. The normalized spacial score (nSPS) is 10.6. The Labute approximate surface area is 130 Å². The third-order valence-electron chi connectivity index (χ3n) is 3.17. The molecule has 0 radical (unpaired) electrons. The van der Waals surface area contributed by atoms with Crippen LogP contribution >= 0.6 is 15.9 Å². The maximum atomic E-state index is 5.32. The Morgan fingerprint density at radius 1 is 0.857 bits per heavy atom. The number of aromatic nitrogens is 2. The van der Waals surface area contributed by atoms with Crippen LogP contribution in [0.2, 0.25) is 0 Å². The second-order valence-corrected chi connectivity index (χ2v) is 5.25. The fourth-order valence-corrected chi connectivity index (χ4v) is 2.49. The highest BCUT2D eigenvalue weighted by molar-refractivity contribution is 9.10. The number of rotatable bonds is 3. The highest BCUT2D eigenvalue weighted by Gasteiger charge is 2.09. The van der Waals surface area contributed by atoms with E-state index in [-0.39, 0.29) is 0 Å². The average molecular weight is 345 g/mol. The van der Waals surface area contributed by atoms with Gasteiger partial charge in [0.25, 0.3) is 0 Å². The van der Waals surface area contributed by atoms with E-state index >= 15 is 0 Å². The first-order valence-corrected chi connectivity index (χ1v) is 7.16. The Kier molecular flexibility index (Phi) is 3.75. The molecule has 2 aromatic heterocycles. The molecule has 0 aliphatic rings. The molecule has 106 valence electrons. The standard InChI is InChI=1S/C16H13BrN2O2/c1-20-14-8-10-6-7-12(11-4-3-5-16(17)19-11)18-13(10)9-15(14)21-2/h3-9H,1-2H3. The van der Waals surface area contributed by atoms with E-state index in [9.17, 15) is 0 Å². The number of halogens is 1. The quantitative estimate of drug-likeness (QED) is 0.671. The zero-order valence-electron chi connectivity index (χ0n) is 11.6. The lowest BCUT2D eigenvalue weighted by atomic mass is 10.1. The fourth-order valence-electron chi connectivity index (χ4n) is 2.14. The Hall–Kier alpha value is -2.14. The second kappa shape index (κ2) is 5.69. The number of hydrogen-bond donors (Lipinski definition) is 0. The highest BCUT2D eigenvalue weighted by Crippen LogP contribution is 2.32. The molecule has 5 heteroatoms. The van der Waals surface area contributed by atoms with Gasteiger partial charge in [-0.25, -0.2) is 9.97 Å². The van der Waals surface area contributed by atoms with Gasteiger partial charge in [-0.15, -0.1) is 0 Å². The summed E-state index contributed by atoms with van der Waals surface area (Å²) in [5, 5.41) is 0.992. The van der Waals surface area contributed by atoms with Gasteiger partial charge in [0.15, 0.2) is 11.5 Å². The first-order valence-electron chi connectivity index (χ1n) is 6.37. The predicted octanol–water partition coefficient (Wildman–Crippen LogP) is 4.08. The third kappa shape index (κ3) is 2.69. The van der Waals surface area contributed by atoms with Crippen LogP contribution in [0.4, 0.5) is 0 Å². The molecule has 2 heterocycles. The van der Waals surface area contributed by atoms with Crippen molar-refractivity contribution < 1.29 is 9.47 Å². The molecule has 0 aliphatic heterocycles. The van der Waals surface area contributed by atoms with Crippen molar-refractivity contribution in [3.63, 3.8) is 0 Å². The SMILES string of the molecule is COc1cc2ccc(-c3cccc(Br)n3)nc2cc1OC. The Morgan fingerprint density at radius 2 is 1.57 bits per heavy atom. The van der Waals surface area contributed by atoms with Gasteiger partial charge >= 0.3 is 0 Å². The summed E-state index contributed by atoms with van der Waals surface area (Å²) < 4.78 is 11.4. The lowest BCUT2D eigenvalue weighted by Gasteiger charge is -2.09. The number of ether oxygens (including phenoxy) is 2. The van der Waals surface area contributed by atoms with E-state index in [4.69, 9.17) is 9.47 Å². The zero-order chi connectivity index (χ0) is 14.8. The van der Waals surface area contributed by atoms with Crippen LogP contribution in [-0.2, 0) is 0 Å². The number of pyridine rings is 2. The Morgan fingerprint density at radius 3 is 2.29 bits per heavy atom. The average Bonchev–Trinajstić information content (AvgIpc) is 2.53. The van der Waals surface area contributed by atoms with Crippen molar-refractivity contribution in [3.05, 3.63) is 47.1 Å². The van der Waals surface area contributed by atoms with E-state index in [1.54, 1.807) is 14.2 Å². The van der Waals surface area contributed by atoms with Gasteiger partial charge in [0.05, 0.1) is 31.1 Å². The highest BCUT2D eigenvalue weighted by atomic mass is 79.9. The van der Waals surface area contributed by atoms with Crippen molar-refractivity contribution in [2.75, 3.05) is 14.2 Å². The lowest BCUT2D eigenvalue weighted by molar-refractivity contribution is 0.356. The van der Waals surface area contributed by atoms with Gasteiger partial charge in [0.1, 0.15) is 4.60 Å². The molecule has 0 spiro atoms. The summed E-state index contributed by atoms with van der Waals surface area (Å²) >= 11 is 3.38. The number of nitrogens with zero attached hydrogens (tertiary/aromatic N) is 2. The van der Waals surface area contributed by atoms with E-state index in [1.807, 2.05) is 42.5 Å². The first-order chi connectivity index (χ1) is 10.2. The first kappa shape index (κ1) is 13.8. The summed E-state index contributed by atoms with van der Waals surface area (Å²) in [6.07, 6.45) is 0. The minimum absolute atomic E-state index is 0.664. The van der Waals surface area contributed by atoms with Crippen LogP contribution < -0.4 is 9.47 Å². The second-order valence-electron chi connectivity index (χ2n) is 4.44. The van der Waals surface area contributed by atoms with E-state index in [2.05, 4.69) is 25.9 Å². The fraction of sp³-hybridized carbons (Fsp3) is 0.125. The molecule has 3 rings (SSSR count). The van der Waals surface area contributed by atoms with Crippen molar-refractivity contribution in [2.24, 2.45) is 0 Å². The summed E-state index contributed by atoms with van der Waals surface area (Å²) in [5.74, 6) is 1.36. The van der Waals surface area contributed by atoms with E-state index in [1.165, 1.54) is 0 Å². The molecular formula is C16H13BrN2O2. The van der Waals surface area contributed by atoms with Crippen molar-refractivity contribution >= 4 is 26.8 Å². The van der Waals surface area contributed by atoms with Gasteiger partial charge in [0.2, 0.25) is 0 Å². The van der Waals surface area contributed by atoms with Gasteiger partial charge in [-0.3, -0.25) is 0 Å². The predicted molar refractivity (Wildman–Crippen MR) is 85.8 cm³/mol. The van der Waals surface area contributed by atoms with Crippen LogP contribution in [0.5, 0.6) is 11.5 Å². The summed E-state index contributed by atoms with van der Waals surface area (Å²) in [6, 6.07) is 13.5. The van der Waals surface area contributed by atoms with E-state index in [0.29, 0.717) is 11.5 Å². The number of hydrogen-bond acceptors (Lipinski definition) is 4. The minimum atomic E-state index is 0.664. The van der Waals surface area contributed by atoms with Crippen molar-refractivity contribution in [2.45, 2.75) is 0 Å². The molecule has 1 aromatic carbocycles. The number of methoxy groups -OCH3 is 2. The van der Waals surface area contributed by atoms with Crippen LogP contribution in [-0.4, -0.2) is 24.2 Å². The van der Waals surface area contributed by atoms with Gasteiger partial charge in [-0.05, 0) is 40.2 Å². The van der Waals surface area contributed by atoms with Crippen molar-refractivity contribution in [3.8, 4) is 22.9 Å². The smallest absolute Gasteiger partial charge is 0.162 e. The molecular weight excluding hydrogens is 332 g/mol. The molecule has 0 atom stereocenters. The lowest BCUT2D eigenvalue weighted by Crippen LogP contribution is -1.93. The van der Waals surface area contributed by atoms with Gasteiger partial charge in [-0.1, -0.05) is 12.1 Å². The van der Waals surface area contributed by atoms with E-state index in [0.717, 1.165) is 26.9 Å². The third-order valence-corrected chi connectivity index (χ3v) is 3.61. The molecule has 0 aliphatic carbocycles. The summed E-state index contributed by atoms with van der Waals surface area (Å²) in [4.78, 5) is 9.08. The topological polar surface area (TPSA) is 44.2 Å². The molecule has 0 unspecified atom stereocenters. The molecule has 0 amide bonds. The molecule has 0 N–H and O–H groups in total. The van der Waals surface area contributed by atoms with Gasteiger partial charge in [0, 0.05) is 11.5 Å². The van der Waals surface area contributed by atoms with Crippen LogP contribution in [0.3, 0.4) is 0 Å². The summed E-state index contributed by atoms with van der Waals surface area (Å²) in [5.41, 5.74) is 2.48. The molecule has 21 heavy (non-hydrogen) atoms. The van der Waals surface area contributed by atoms with Crippen LogP contribution in [0, 0.1) is 0 Å². The molecule has 0 saturated heterocycles. The van der Waals surface area contributed by atoms with Gasteiger partial charge in [-0.2, -0.15) is 0 Å². The molecule has 0 fully saturated rings. The van der Waals surface area contributed by atoms with Crippen LogP contribution in [0.1, 0.15) is 0 Å². The maximum absolute atomic E-state index is 5.32. The largest absolute Gasteiger partial charge is 0.493 e. The monoisotopic (exact) mass is 344 g/mol. The molecule has 4 nitrogen and oxygen atoms in total. The molecule has 0 saturated carbocycles. The zero-order valence-corrected chi connectivity index (χ0v) is 13.2. The molecule has 0 bridgehead atoms.